The molecule has 1 saturated heterocycles. The number of nitrogens with one attached hydrogen (secondary N) is 1. The van der Waals surface area contributed by atoms with Gasteiger partial charge in [-0.3, -0.25) is 14.8 Å². The zero-order valence-electron chi connectivity index (χ0n) is 18.4. The Kier molecular flexibility index (Phi) is 7.29. The van der Waals surface area contributed by atoms with Gasteiger partial charge in [-0.15, -0.1) is 0 Å². The van der Waals surface area contributed by atoms with Crippen LogP contribution in [0.4, 0.5) is 0 Å². The van der Waals surface area contributed by atoms with E-state index < -0.39 is 12.7 Å². The summed E-state index contributed by atoms with van der Waals surface area (Å²) >= 11 is 0. The fourth-order valence-electron chi connectivity index (χ4n) is 2.99. The van der Waals surface area contributed by atoms with Crippen molar-refractivity contribution in [3.63, 3.8) is 0 Å². The number of carbonyl (C=O) groups is 1. The zero-order chi connectivity index (χ0) is 21.9. The molecule has 8 heteroatoms. The standard InChI is InChI=1S/C21H33N4O3P/c1-20(2,3)16-28-29(27,21(4,5)6)25-12-10-24(11-13-25)23-19(26)18-9-7-8-17(14-18)15-22/h7-9,14H,10-13,16H2,1-6H3,(H,23,26). The van der Waals surface area contributed by atoms with Gasteiger partial charge >= 0.3 is 0 Å². The lowest BCUT2D eigenvalue weighted by Gasteiger charge is -2.44. The van der Waals surface area contributed by atoms with Crippen molar-refractivity contribution in [3.05, 3.63) is 35.4 Å². The number of rotatable bonds is 5. The molecule has 2 rings (SSSR count). The Morgan fingerprint density at radius 3 is 2.31 bits per heavy atom. The number of benzene rings is 1. The van der Waals surface area contributed by atoms with Crippen LogP contribution >= 0.6 is 7.52 Å². The summed E-state index contributed by atoms with van der Waals surface area (Å²) in [6, 6.07) is 8.65. The third-order valence-corrected chi connectivity index (χ3v) is 7.98. The van der Waals surface area contributed by atoms with Gasteiger partial charge in [-0.1, -0.05) is 26.8 Å². The molecule has 1 fully saturated rings. The number of amides is 1. The monoisotopic (exact) mass is 420 g/mol. The van der Waals surface area contributed by atoms with Gasteiger partial charge in [-0.2, -0.15) is 5.26 Å². The molecule has 1 N–H and O–H groups in total. The number of carbonyl (C=O) groups excluding carboxylic acids is 1. The first-order valence-electron chi connectivity index (χ1n) is 9.92. The summed E-state index contributed by atoms with van der Waals surface area (Å²) in [5.74, 6) is -0.251. The Hall–Kier alpha value is -1.71. The summed E-state index contributed by atoms with van der Waals surface area (Å²) in [5.41, 5.74) is 3.70. The first-order chi connectivity index (χ1) is 13.4. The van der Waals surface area contributed by atoms with Crippen molar-refractivity contribution < 1.29 is 13.9 Å². The van der Waals surface area contributed by atoms with Crippen LogP contribution in [0, 0.1) is 16.7 Å². The summed E-state index contributed by atoms with van der Waals surface area (Å²) < 4.78 is 21.8. The quantitative estimate of drug-likeness (QED) is 0.728. The fraction of sp³-hybridized carbons (Fsp3) is 0.619. The van der Waals surface area contributed by atoms with Gasteiger partial charge in [0.05, 0.1) is 23.4 Å². The Morgan fingerprint density at radius 1 is 1.17 bits per heavy atom. The highest BCUT2D eigenvalue weighted by atomic mass is 31.2. The Bertz CT molecular complexity index is 812. The summed E-state index contributed by atoms with van der Waals surface area (Å²) in [4.78, 5) is 12.5. The van der Waals surface area contributed by atoms with Crippen LogP contribution in [0.1, 0.15) is 57.5 Å². The molecule has 1 aliphatic heterocycles. The molecule has 1 atom stereocenters. The van der Waals surface area contributed by atoms with E-state index in [1.54, 1.807) is 24.3 Å². The maximum absolute atomic E-state index is 13.8. The molecule has 0 spiro atoms. The molecule has 1 amide bonds. The van der Waals surface area contributed by atoms with Crippen LogP contribution in [0.5, 0.6) is 0 Å². The van der Waals surface area contributed by atoms with Gasteiger partial charge in [0.25, 0.3) is 13.4 Å². The lowest BCUT2D eigenvalue weighted by atomic mass is 9.99. The summed E-state index contributed by atoms with van der Waals surface area (Å²) in [6.45, 7) is 14.6. The zero-order valence-corrected chi connectivity index (χ0v) is 19.3. The number of hydrogen-bond donors (Lipinski definition) is 1. The molecule has 1 unspecified atom stereocenters. The average Bonchev–Trinajstić information content (AvgIpc) is 2.65. The molecule has 0 aromatic heterocycles. The van der Waals surface area contributed by atoms with Crippen LogP contribution in [-0.4, -0.2) is 53.5 Å². The minimum absolute atomic E-state index is 0.0747. The van der Waals surface area contributed by atoms with Gasteiger partial charge in [0.2, 0.25) is 0 Å². The molecule has 0 saturated carbocycles. The third kappa shape index (κ3) is 6.13. The lowest BCUT2D eigenvalue weighted by molar-refractivity contribution is 0.0685. The molecular weight excluding hydrogens is 387 g/mol. The smallest absolute Gasteiger partial charge is 0.277 e. The maximum Gasteiger partial charge on any atom is 0.277 e. The molecule has 1 aromatic carbocycles. The van der Waals surface area contributed by atoms with E-state index in [0.717, 1.165) is 0 Å². The van der Waals surface area contributed by atoms with Crippen molar-refractivity contribution >= 4 is 13.4 Å². The largest absolute Gasteiger partial charge is 0.316 e. The fourth-order valence-corrected chi connectivity index (χ4v) is 5.66. The van der Waals surface area contributed by atoms with E-state index in [0.29, 0.717) is 43.9 Å². The van der Waals surface area contributed by atoms with Crippen molar-refractivity contribution in [2.75, 3.05) is 32.8 Å². The van der Waals surface area contributed by atoms with Crippen molar-refractivity contribution in [1.29, 1.82) is 5.26 Å². The minimum atomic E-state index is -3.05. The minimum Gasteiger partial charge on any atom is -0.316 e. The van der Waals surface area contributed by atoms with Gasteiger partial charge < -0.3 is 4.52 Å². The predicted octanol–water partition coefficient (Wildman–Crippen LogP) is 3.87. The molecule has 0 aliphatic carbocycles. The van der Waals surface area contributed by atoms with Crippen molar-refractivity contribution in [2.45, 2.75) is 46.7 Å². The van der Waals surface area contributed by atoms with Gasteiger partial charge in [0.15, 0.2) is 0 Å². The Balaban J connectivity index is 2.01. The molecule has 1 heterocycles. The Labute approximate surface area is 174 Å². The summed E-state index contributed by atoms with van der Waals surface area (Å²) in [5, 5.41) is 10.3. The van der Waals surface area contributed by atoms with E-state index in [1.165, 1.54) is 0 Å². The molecular formula is C21H33N4O3P. The van der Waals surface area contributed by atoms with Gasteiger partial charge in [0.1, 0.15) is 0 Å². The van der Waals surface area contributed by atoms with E-state index in [4.69, 9.17) is 9.79 Å². The third-order valence-electron chi connectivity index (χ3n) is 4.66. The van der Waals surface area contributed by atoms with E-state index >= 15 is 0 Å². The van der Waals surface area contributed by atoms with Gasteiger partial charge in [-0.25, -0.2) is 9.68 Å². The predicted molar refractivity (Wildman–Crippen MR) is 115 cm³/mol. The van der Waals surface area contributed by atoms with E-state index in [-0.39, 0.29) is 11.3 Å². The average molecular weight is 420 g/mol. The van der Waals surface area contributed by atoms with E-state index in [2.05, 4.69) is 26.2 Å². The SMILES string of the molecule is CC(C)(C)COP(=O)(N1CCN(NC(=O)c2cccc(C#N)c2)CC1)C(C)(C)C. The second kappa shape index (κ2) is 8.97. The highest BCUT2D eigenvalue weighted by Gasteiger charge is 2.45. The number of nitrogens with zero attached hydrogens (tertiary/aromatic N) is 3. The topological polar surface area (TPSA) is 85.7 Å². The Morgan fingerprint density at radius 2 is 1.79 bits per heavy atom. The molecule has 160 valence electrons. The van der Waals surface area contributed by atoms with E-state index in [1.807, 2.05) is 36.5 Å². The van der Waals surface area contributed by atoms with Gasteiger partial charge in [0, 0.05) is 31.7 Å². The second-order valence-corrected chi connectivity index (χ2v) is 12.8. The molecule has 7 nitrogen and oxygen atoms in total. The molecule has 29 heavy (non-hydrogen) atoms. The summed E-state index contributed by atoms with van der Waals surface area (Å²) in [7, 11) is -3.05. The number of hydrogen-bond acceptors (Lipinski definition) is 5. The van der Waals surface area contributed by atoms with Crippen molar-refractivity contribution in [1.82, 2.24) is 15.1 Å². The first kappa shape index (κ1) is 23.6. The van der Waals surface area contributed by atoms with Crippen molar-refractivity contribution in [2.24, 2.45) is 5.41 Å². The highest BCUT2D eigenvalue weighted by Crippen LogP contribution is 2.62. The molecule has 1 aliphatic rings. The maximum atomic E-state index is 13.8. The molecule has 0 bridgehead atoms. The number of hydrazine groups is 1. The first-order valence-corrected chi connectivity index (χ1v) is 11.5. The van der Waals surface area contributed by atoms with Crippen LogP contribution in [-0.2, 0) is 9.09 Å². The number of piperazine rings is 1. The lowest BCUT2D eigenvalue weighted by Crippen LogP contribution is -2.53. The van der Waals surface area contributed by atoms with Crippen LogP contribution in [0.25, 0.3) is 0 Å². The number of nitriles is 1. The van der Waals surface area contributed by atoms with Crippen LogP contribution in [0.3, 0.4) is 0 Å². The van der Waals surface area contributed by atoms with Crippen LogP contribution in [0.15, 0.2) is 24.3 Å². The molecule has 1 aromatic rings. The normalized spacial score (nSPS) is 18.7. The van der Waals surface area contributed by atoms with Crippen molar-refractivity contribution in [3.8, 4) is 6.07 Å². The second-order valence-electron chi connectivity index (χ2n) is 9.60. The summed E-state index contributed by atoms with van der Waals surface area (Å²) in [6.07, 6.45) is 0. The molecule has 0 radical (unpaired) electrons. The van der Waals surface area contributed by atoms with E-state index in [9.17, 15) is 9.36 Å². The van der Waals surface area contributed by atoms with Crippen LogP contribution < -0.4 is 5.43 Å². The highest BCUT2D eigenvalue weighted by molar-refractivity contribution is 7.58. The van der Waals surface area contributed by atoms with Gasteiger partial charge in [-0.05, 0) is 44.4 Å². The van der Waals surface area contributed by atoms with Crippen LogP contribution in [0.2, 0.25) is 0 Å².